The van der Waals surface area contributed by atoms with E-state index in [-0.39, 0.29) is 6.07 Å². The van der Waals surface area contributed by atoms with Crippen molar-refractivity contribution in [1.82, 2.24) is 0 Å². The van der Waals surface area contributed by atoms with Crippen molar-refractivity contribution in [3.63, 3.8) is 0 Å². The average Bonchev–Trinajstić information content (AvgIpc) is 2.53. The second kappa shape index (κ2) is 7.03. The first kappa shape index (κ1) is 19.8. The molecule has 0 heterocycles. The molecule has 2 rings (SSSR count). The van der Waals surface area contributed by atoms with Crippen LogP contribution in [-0.2, 0) is 6.18 Å². The third-order valence-electron chi connectivity index (χ3n) is 3.26. The molecular weight excluding hydrogens is 401 g/mol. The Morgan fingerprint density at radius 3 is 1.96 bits per heavy atom. The van der Waals surface area contributed by atoms with Crippen LogP contribution in [0.3, 0.4) is 0 Å². The molecule has 1 N–H and O–H groups in total. The van der Waals surface area contributed by atoms with Crippen LogP contribution >= 0.6 is 11.6 Å². The standard InChI is InChI=1S/C13H6ClF3N4O6/c14-10-6(13(15,16)17)5-9(20(24)25)11(12(10)21(26)27)18-7-3-1-2-4-8(7)19(22)23/h1-5,18H. The molecule has 0 fully saturated rings. The van der Waals surface area contributed by atoms with Crippen LogP contribution in [0, 0.1) is 30.3 Å². The van der Waals surface area contributed by atoms with Gasteiger partial charge in [-0.3, -0.25) is 30.3 Å². The second-order valence-electron chi connectivity index (χ2n) is 4.89. The number of para-hydroxylation sites is 2. The summed E-state index contributed by atoms with van der Waals surface area (Å²) in [5, 5.41) is 34.2. The summed E-state index contributed by atoms with van der Waals surface area (Å²) in [6.07, 6.45) is -5.20. The smallest absolute Gasteiger partial charge is 0.339 e. The number of benzene rings is 2. The number of hydrogen-bond acceptors (Lipinski definition) is 7. The van der Waals surface area contributed by atoms with Crippen LogP contribution in [-0.4, -0.2) is 14.8 Å². The summed E-state index contributed by atoms with van der Waals surface area (Å²) in [5.41, 5.74) is -6.58. The van der Waals surface area contributed by atoms with Gasteiger partial charge in [-0.1, -0.05) is 23.7 Å². The lowest BCUT2D eigenvalue weighted by atomic mass is 10.1. The van der Waals surface area contributed by atoms with Gasteiger partial charge in [0.1, 0.15) is 10.7 Å². The molecule has 0 saturated heterocycles. The highest BCUT2D eigenvalue weighted by molar-refractivity contribution is 6.34. The van der Waals surface area contributed by atoms with Gasteiger partial charge in [-0.15, -0.1) is 0 Å². The van der Waals surface area contributed by atoms with Crippen LogP contribution in [0.5, 0.6) is 0 Å². The van der Waals surface area contributed by atoms with Crippen LogP contribution in [0.4, 0.5) is 41.6 Å². The average molecular weight is 407 g/mol. The number of anilines is 2. The Balaban J connectivity index is 2.83. The number of hydrogen-bond donors (Lipinski definition) is 1. The number of nitrogens with one attached hydrogen (secondary N) is 1. The van der Waals surface area contributed by atoms with E-state index >= 15 is 0 Å². The maximum atomic E-state index is 13.0. The van der Waals surface area contributed by atoms with E-state index in [1.807, 2.05) is 0 Å². The minimum Gasteiger partial charge on any atom is -0.339 e. The molecule has 0 amide bonds. The predicted molar refractivity (Wildman–Crippen MR) is 86.1 cm³/mol. The molecule has 14 heteroatoms. The first-order chi connectivity index (χ1) is 12.4. The quantitative estimate of drug-likeness (QED) is 0.553. The number of rotatable bonds is 5. The molecule has 0 atom stereocenters. The van der Waals surface area contributed by atoms with Gasteiger partial charge in [0.2, 0.25) is 0 Å². The Hall–Kier alpha value is -3.48. The molecule has 0 aliphatic rings. The van der Waals surface area contributed by atoms with Crippen molar-refractivity contribution in [2.24, 2.45) is 0 Å². The summed E-state index contributed by atoms with van der Waals surface area (Å²) in [6, 6.07) is 4.61. The molecule has 0 spiro atoms. The van der Waals surface area contributed by atoms with Crippen molar-refractivity contribution in [3.8, 4) is 0 Å². The van der Waals surface area contributed by atoms with E-state index < -0.39 is 60.0 Å². The summed E-state index contributed by atoms with van der Waals surface area (Å²) < 4.78 is 39.1. The van der Waals surface area contributed by atoms with Crippen molar-refractivity contribution in [1.29, 1.82) is 0 Å². The highest BCUT2D eigenvalue weighted by Gasteiger charge is 2.42. The van der Waals surface area contributed by atoms with Crippen LogP contribution < -0.4 is 5.32 Å². The molecule has 10 nitrogen and oxygen atoms in total. The first-order valence-corrected chi connectivity index (χ1v) is 7.05. The Labute approximate surface area is 151 Å². The van der Waals surface area contributed by atoms with Crippen LogP contribution in [0.25, 0.3) is 0 Å². The van der Waals surface area contributed by atoms with Crippen molar-refractivity contribution < 1.29 is 27.9 Å². The van der Waals surface area contributed by atoms with E-state index in [9.17, 15) is 43.5 Å². The third kappa shape index (κ3) is 3.87. The van der Waals surface area contributed by atoms with Gasteiger partial charge in [0, 0.05) is 12.1 Å². The fraction of sp³-hybridized carbons (Fsp3) is 0.0769. The molecular formula is C13H6ClF3N4O6. The minimum absolute atomic E-state index is 0.0203. The van der Waals surface area contributed by atoms with Crippen LogP contribution in [0.2, 0.25) is 5.02 Å². The Kier molecular flexibility index (Phi) is 5.16. The number of nitro groups is 3. The lowest BCUT2D eigenvalue weighted by Gasteiger charge is -2.13. The van der Waals surface area contributed by atoms with Gasteiger partial charge in [0.25, 0.3) is 5.69 Å². The zero-order chi connectivity index (χ0) is 20.5. The largest absolute Gasteiger partial charge is 0.418 e. The number of nitrogens with zero attached hydrogens (tertiary/aromatic N) is 3. The van der Waals surface area contributed by atoms with E-state index in [0.29, 0.717) is 0 Å². The highest BCUT2D eigenvalue weighted by Crippen LogP contribution is 2.48. The van der Waals surface area contributed by atoms with Crippen molar-refractivity contribution >= 4 is 40.0 Å². The van der Waals surface area contributed by atoms with Crippen molar-refractivity contribution in [3.05, 3.63) is 71.3 Å². The van der Waals surface area contributed by atoms with Gasteiger partial charge < -0.3 is 5.32 Å². The van der Waals surface area contributed by atoms with Crippen molar-refractivity contribution in [2.45, 2.75) is 6.18 Å². The van der Waals surface area contributed by atoms with Gasteiger partial charge >= 0.3 is 17.6 Å². The molecule has 0 aromatic heterocycles. The SMILES string of the molecule is O=[N+]([O-])c1ccccc1Nc1c([N+](=O)[O-])cc(C(F)(F)F)c(Cl)c1[N+](=O)[O-]. The van der Waals surface area contributed by atoms with Gasteiger partial charge in [0.15, 0.2) is 5.69 Å². The first-order valence-electron chi connectivity index (χ1n) is 6.68. The lowest BCUT2D eigenvalue weighted by molar-refractivity contribution is -0.392. The fourth-order valence-corrected chi connectivity index (χ4v) is 2.47. The van der Waals surface area contributed by atoms with E-state index in [4.69, 9.17) is 11.6 Å². The Morgan fingerprint density at radius 2 is 1.48 bits per heavy atom. The number of alkyl halides is 3. The molecule has 142 valence electrons. The Bertz CT molecular complexity index is 966. The molecule has 0 radical (unpaired) electrons. The van der Waals surface area contributed by atoms with Gasteiger partial charge in [0.05, 0.1) is 20.3 Å². The third-order valence-corrected chi connectivity index (χ3v) is 3.65. The highest BCUT2D eigenvalue weighted by atomic mass is 35.5. The summed E-state index contributed by atoms with van der Waals surface area (Å²) in [4.78, 5) is 30.0. The topological polar surface area (TPSA) is 141 Å². The molecule has 2 aromatic carbocycles. The molecule has 0 aliphatic heterocycles. The zero-order valence-electron chi connectivity index (χ0n) is 12.7. The van der Waals surface area contributed by atoms with Gasteiger partial charge in [-0.2, -0.15) is 13.2 Å². The summed E-state index contributed by atoms with van der Waals surface area (Å²) in [5.74, 6) is 0. The van der Waals surface area contributed by atoms with Crippen molar-refractivity contribution in [2.75, 3.05) is 5.32 Å². The lowest BCUT2D eigenvalue weighted by Crippen LogP contribution is -2.11. The predicted octanol–water partition coefficient (Wildman–Crippen LogP) is 4.83. The molecule has 0 bridgehead atoms. The normalized spacial score (nSPS) is 11.1. The van der Waals surface area contributed by atoms with Gasteiger partial charge in [-0.05, 0) is 6.07 Å². The van der Waals surface area contributed by atoms with E-state index in [0.717, 1.165) is 12.1 Å². The maximum absolute atomic E-state index is 13.0. The molecule has 27 heavy (non-hydrogen) atoms. The van der Waals surface area contributed by atoms with E-state index in [1.165, 1.54) is 12.1 Å². The van der Waals surface area contributed by atoms with Gasteiger partial charge in [-0.25, -0.2) is 0 Å². The number of halogens is 4. The fourth-order valence-electron chi connectivity index (χ4n) is 2.15. The molecule has 0 saturated carbocycles. The molecule has 0 unspecified atom stereocenters. The van der Waals surface area contributed by atoms with Crippen LogP contribution in [0.15, 0.2) is 30.3 Å². The Morgan fingerprint density at radius 1 is 0.926 bits per heavy atom. The minimum atomic E-state index is -5.20. The van der Waals surface area contributed by atoms with Crippen LogP contribution in [0.1, 0.15) is 5.56 Å². The number of nitro benzene ring substituents is 3. The second-order valence-corrected chi connectivity index (χ2v) is 5.27. The van der Waals surface area contributed by atoms with E-state index in [2.05, 4.69) is 5.32 Å². The summed E-state index contributed by atoms with van der Waals surface area (Å²) in [7, 11) is 0. The summed E-state index contributed by atoms with van der Waals surface area (Å²) >= 11 is 5.48. The monoisotopic (exact) mass is 406 g/mol. The molecule has 0 aliphatic carbocycles. The van der Waals surface area contributed by atoms with E-state index in [1.54, 1.807) is 0 Å². The molecule has 2 aromatic rings. The summed E-state index contributed by atoms with van der Waals surface area (Å²) in [6.45, 7) is 0. The zero-order valence-corrected chi connectivity index (χ0v) is 13.4. The maximum Gasteiger partial charge on any atom is 0.418 e.